The molecule has 29 heavy (non-hydrogen) atoms. The second-order valence-corrected chi connectivity index (χ2v) is 8.20. The number of aryl methyl sites for hydroxylation is 1. The first-order chi connectivity index (χ1) is 13.6. The molecule has 1 unspecified atom stereocenters. The molecule has 1 N–H and O–H groups in total. The highest BCUT2D eigenvalue weighted by Crippen LogP contribution is 2.45. The van der Waals surface area contributed by atoms with E-state index in [0.717, 1.165) is 5.56 Å². The van der Waals surface area contributed by atoms with Crippen molar-refractivity contribution < 1.29 is 28.1 Å². The molecule has 0 heterocycles. The Morgan fingerprint density at radius 3 is 1.93 bits per heavy atom. The summed E-state index contributed by atoms with van der Waals surface area (Å²) in [6.07, 6.45) is -0.347. The molecule has 0 radical (unpaired) electrons. The SMILES string of the molecule is Cc1ccc(OP(=O)(N[C@@H](C)C(=O)OC(C)C)Oc2ccc([N+](=O)[O-])cc2)cc1. The van der Waals surface area contributed by atoms with Crippen molar-refractivity contribution in [1.82, 2.24) is 5.09 Å². The zero-order valence-electron chi connectivity index (χ0n) is 16.5. The molecule has 2 atom stereocenters. The summed E-state index contributed by atoms with van der Waals surface area (Å²) in [6.45, 7) is 6.74. The van der Waals surface area contributed by atoms with Gasteiger partial charge in [0.05, 0.1) is 11.0 Å². The van der Waals surface area contributed by atoms with Crippen molar-refractivity contribution in [3.05, 3.63) is 64.2 Å². The summed E-state index contributed by atoms with van der Waals surface area (Å²) < 4.78 is 29.5. The predicted octanol–water partition coefficient (Wildman–Crippen LogP) is 4.40. The summed E-state index contributed by atoms with van der Waals surface area (Å²) >= 11 is 0. The van der Waals surface area contributed by atoms with Gasteiger partial charge in [-0.3, -0.25) is 14.9 Å². The lowest BCUT2D eigenvalue weighted by molar-refractivity contribution is -0.384. The molecule has 0 amide bonds. The normalized spacial score (nSPS) is 14.0. The van der Waals surface area contributed by atoms with Crippen molar-refractivity contribution in [1.29, 1.82) is 0 Å². The van der Waals surface area contributed by atoms with E-state index >= 15 is 0 Å². The number of carbonyl (C=O) groups is 1. The maximum atomic E-state index is 13.4. The average molecular weight is 422 g/mol. The van der Waals surface area contributed by atoms with Crippen LogP contribution in [-0.2, 0) is 14.1 Å². The molecular weight excluding hydrogens is 399 g/mol. The molecule has 0 fully saturated rings. The second-order valence-electron chi connectivity index (χ2n) is 6.58. The second kappa shape index (κ2) is 9.54. The van der Waals surface area contributed by atoms with E-state index in [4.69, 9.17) is 13.8 Å². The van der Waals surface area contributed by atoms with E-state index in [1.165, 1.54) is 31.2 Å². The minimum Gasteiger partial charge on any atom is -0.462 e. The third-order valence-electron chi connectivity index (χ3n) is 3.58. The van der Waals surface area contributed by atoms with Gasteiger partial charge in [0.25, 0.3) is 5.69 Å². The molecule has 0 aliphatic rings. The molecule has 0 aromatic heterocycles. The highest BCUT2D eigenvalue weighted by Gasteiger charge is 2.34. The average Bonchev–Trinajstić information content (AvgIpc) is 2.63. The van der Waals surface area contributed by atoms with Crippen LogP contribution in [0.2, 0.25) is 0 Å². The number of hydrogen-bond donors (Lipinski definition) is 1. The third-order valence-corrected chi connectivity index (χ3v) is 5.18. The summed E-state index contributed by atoms with van der Waals surface area (Å²) in [5, 5.41) is 13.3. The van der Waals surface area contributed by atoms with Crippen LogP contribution in [0.5, 0.6) is 11.5 Å². The quantitative estimate of drug-likeness (QED) is 0.274. The maximum absolute atomic E-state index is 13.4. The Hall–Kier alpha value is -2.90. The predicted molar refractivity (Wildman–Crippen MR) is 107 cm³/mol. The summed E-state index contributed by atoms with van der Waals surface area (Å²) in [6, 6.07) is 10.8. The van der Waals surface area contributed by atoms with E-state index in [1.807, 2.05) is 6.92 Å². The molecule has 10 heteroatoms. The number of ether oxygens (including phenoxy) is 1. The lowest BCUT2D eigenvalue weighted by Crippen LogP contribution is -2.36. The summed E-state index contributed by atoms with van der Waals surface area (Å²) in [7, 11) is -4.09. The number of nitrogens with one attached hydrogen (secondary N) is 1. The van der Waals surface area contributed by atoms with Crippen molar-refractivity contribution >= 4 is 19.4 Å². The van der Waals surface area contributed by atoms with Crippen LogP contribution in [0.15, 0.2) is 48.5 Å². The van der Waals surface area contributed by atoms with Crippen LogP contribution >= 0.6 is 7.75 Å². The largest absolute Gasteiger partial charge is 0.513 e. The van der Waals surface area contributed by atoms with Crippen LogP contribution in [0.1, 0.15) is 26.3 Å². The topological polar surface area (TPSA) is 117 Å². The molecule has 2 aromatic rings. The molecule has 0 saturated carbocycles. The van der Waals surface area contributed by atoms with E-state index in [-0.39, 0.29) is 23.3 Å². The van der Waals surface area contributed by atoms with Crippen molar-refractivity contribution in [3.63, 3.8) is 0 Å². The molecule has 0 bridgehead atoms. The minimum absolute atomic E-state index is 0.0722. The van der Waals surface area contributed by atoms with E-state index in [1.54, 1.807) is 38.1 Å². The van der Waals surface area contributed by atoms with Crippen molar-refractivity contribution in [3.8, 4) is 11.5 Å². The molecule has 156 valence electrons. The Kier molecular flexibility index (Phi) is 7.36. The Morgan fingerprint density at radius 1 is 1.00 bits per heavy atom. The fourth-order valence-electron chi connectivity index (χ4n) is 2.20. The molecule has 2 rings (SSSR count). The van der Waals surface area contributed by atoms with Gasteiger partial charge in [-0.25, -0.2) is 4.57 Å². The monoisotopic (exact) mass is 422 g/mol. The smallest absolute Gasteiger partial charge is 0.462 e. The first-order valence-electron chi connectivity index (χ1n) is 8.86. The number of benzene rings is 2. The fourth-order valence-corrected chi connectivity index (χ4v) is 3.72. The molecule has 0 aliphatic carbocycles. The first-order valence-corrected chi connectivity index (χ1v) is 10.4. The van der Waals surface area contributed by atoms with Crippen molar-refractivity contribution in [2.45, 2.75) is 39.8 Å². The number of hydrogen-bond acceptors (Lipinski definition) is 7. The molecule has 0 saturated heterocycles. The number of rotatable bonds is 9. The highest BCUT2D eigenvalue weighted by atomic mass is 31.2. The van der Waals surface area contributed by atoms with Gasteiger partial charge in [0, 0.05) is 12.1 Å². The van der Waals surface area contributed by atoms with E-state index < -0.39 is 24.7 Å². The Morgan fingerprint density at radius 2 is 1.48 bits per heavy atom. The van der Waals surface area contributed by atoms with Gasteiger partial charge >= 0.3 is 13.7 Å². The van der Waals surface area contributed by atoms with Crippen LogP contribution in [0.25, 0.3) is 0 Å². The number of nitrogens with zero attached hydrogens (tertiary/aromatic N) is 1. The van der Waals surface area contributed by atoms with Crippen LogP contribution < -0.4 is 14.1 Å². The number of esters is 1. The Labute approximate surface area is 168 Å². The summed E-state index contributed by atoms with van der Waals surface area (Å²) in [4.78, 5) is 22.3. The van der Waals surface area contributed by atoms with Gasteiger partial charge in [0.15, 0.2) is 0 Å². The third kappa shape index (κ3) is 6.89. The van der Waals surface area contributed by atoms with E-state index in [9.17, 15) is 19.5 Å². The van der Waals surface area contributed by atoms with Gasteiger partial charge in [-0.1, -0.05) is 17.7 Å². The van der Waals surface area contributed by atoms with Gasteiger partial charge in [-0.05, 0) is 52.0 Å². The van der Waals surface area contributed by atoms with Gasteiger partial charge in [-0.15, -0.1) is 0 Å². The Balaban J connectivity index is 2.25. The Bertz CT molecular complexity index is 898. The highest BCUT2D eigenvalue weighted by molar-refractivity contribution is 7.52. The molecule has 9 nitrogen and oxygen atoms in total. The number of nitro benzene ring substituents is 1. The van der Waals surface area contributed by atoms with Gasteiger partial charge in [0.1, 0.15) is 17.5 Å². The van der Waals surface area contributed by atoms with Crippen molar-refractivity contribution in [2.24, 2.45) is 0 Å². The van der Waals surface area contributed by atoms with Crippen LogP contribution in [0.3, 0.4) is 0 Å². The fraction of sp³-hybridized carbons (Fsp3) is 0.316. The standard InChI is InChI=1S/C19H23N2O7P/c1-13(2)26-19(22)15(4)20-29(25,27-17-9-5-14(3)6-10-17)28-18-11-7-16(8-12-18)21(23)24/h5-13,15H,1-4H3,(H,20,25)/t15-,29?/m0/s1. The lowest BCUT2D eigenvalue weighted by Gasteiger charge is -2.23. The lowest BCUT2D eigenvalue weighted by atomic mass is 10.2. The van der Waals surface area contributed by atoms with Crippen LogP contribution in [-0.4, -0.2) is 23.0 Å². The molecule has 0 aliphatic heterocycles. The number of non-ortho nitro benzene ring substituents is 1. The number of carbonyl (C=O) groups excluding carboxylic acids is 1. The van der Waals surface area contributed by atoms with Crippen LogP contribution in [0.4, 0.5) is 5.69 Å². The van der Waals surface area contributed by atoms with E-state index in [0.29, 0.717) is 0 Å². The van der Waals surface area contributed by atoms with Crippen molar-refractivity contribution in [2.75, 3.05) is 0 Å². The van der Waals surface area contributed by atoms with Crippen LogP contribution in [0, 0.1) is 17.0 Å². The van der Waals surface area contributed by atoms with E-state index in [2.05, 4.69) is 5.09 Å². The van der Waals surface area contributed by atoms with Gasteiger partial charge in [0.2, 0.25) is 0 Å². The minimum atomic E-state index is -4.09. The molecular formula is C19H23N2O7P. The zero-order chi connectivity index (χ0) is 21.6. The van der Waals surface area contributed by atoms with Gasteiger partial charge in [-0.2, -0.15) is 5.09 Å². The summed E-state index contributed by atoms with van der Waals surface area (Å²) in [5.74, 6) is -0.291. The number of nitro groups is 1. The summed E-state index contributed by atoms with van der Waals surface area (Å²) in [5.41, 5.74) is 0.832. The maximum Gasteiger partial charge on any atom is 0.513 e. The van der Waals surface area contributed by atoms with Gasteiger partial charge < -0.3 is 13.8 Å². The molecule has 0 spiro atoms. The first kappa shape index (κ1) is 22.4. The zero-order valence-corrected chi connectivity index (χ0v) is 17.4. The molecule has 2 aromatic carbocycles.